The van der Waals surface area contributed by atoms with Crippen molar-refractivity contribution in [1.29, 1.82) is 0 Å². The monoisotopic (exact) mass is 472 g/mol. The maximum absolute atomic E-state index is 12.8. The number of anilines is 2. The van der Waals surface area contributed by atoms with Crippen LogP contribution in [0.5, 0.6) is 5.75 Å². The van der Waals surface area contributed by atoms with E-state index in [0.717, 1.165) is 10.7 Å². The number of rotatable bonds is 9. The zero-order valence-corrected chi connectivity index (χ0v) is 19.4. The molecule has 4 rings (SSSR count). The Balaban J connectivity index is 1.37. The minimum atomic E-state index is -0.313. The fourth-order valence-electron chi connectivity index (χ4n) is 3.32. The van der Waals surface area contributed by atoms with Gasteiger partial charge in [0.05, 0.1) is 24.1 Å². The van der Waals surface area contributed by atoms with Gasteiger partial charge in [0.15, 0.2) is 5.16 Å². The van der Waals surface area contributed by atoms with Crippen LogP contribution in [-0.2, 0) is 11.3 Å². The highest BCUT2D eigenvalue weighted by Crippen LogP contribution is 2.21. The van der Waals surface area contributed by atoms with E-state index in [9.17, 15) is 9.59 Å². The number of methoxy groups -OCH3 is 1. The number of thioether (sulfide) groups is 1. The number of nitrogens with one attached hydrogen (secondary N) is 2. The molecule has 1 aromatic heterocycles. The van der Waals surface area contributed by atoms with Gasteiger partial charge in [0.2, 0.25) is 5.91 Å². The van der Waals surface area contributed by atoms with Gasteiger partial charge in [-0.2, -0.15) is 0 Å². The predicted molar refractivity (Wildman–Crippen MR) is 135 cm³/mol. The second-order valence-corrected chi connectivity index (χ2v) is 8.33. The van der Waals surface area contributed by atoms with Gasteiger partial charge >= 0.3 is 0 Å². The lowest BCUT2D eigenvalue weighted by Crippen LogP contribution is -2.19. The Bertz CT molecular complexity index is 1260. The molecule has 3 aromatic carbocycles. The molecule has 0 atom stereocenters. The van der Waals surface area contributed by atoms with Crippen LogP contribution >= 0.6 is 11.8 Å². The molecule has 7 nitrogen and oxygen atoms in total. The summed E-state index contributed by atoms with van der Waals surface area (Å²) in [6.45, 7) is 0.680. The molecule has 1 heterocycles. The molecule has 172 valence electrons. The van der Waals surface area contributed by atoms with Gasteiger partial charge in [-0.15, -0.1) is 0 Å². The van der Waals surface area contributed by atoms with E-state index in [0.29, 0.717) is 29.2 Å². The fourth-order valence-corrected chi connectivity index (χ4v) is 4.07. The van der Waals surface area contributed by atoms with Crippen LogP contribution in [0.1, 0.15) is 15.9 Å². The van der Waals surface area contributed by atoms with Crippen molar-refractivity contribution < 1.29 is 14.3 Å². The zero-order chi connectivity index (χ0) is 23.8. The Morgan fingerprint density at radius 2 is 1.68 bits per heavy atom. The van der Waals surface area contributed by atoms with Crippen molar-refractivity contribution >= 4 is 35.0 Å². The Labute approximate surface area is 202 Å². The van der Waals surface area contributed by atoms with E-state index in [-0.39, 0.29) is 17.6 Å². The second-order valence-electron chi connectivity index (χ2n) is 7.39. The standard InChI is InChI=1S/C26H24N4O3S/c1-33-21-13-11-20(12-14-21)28-25(32)22-9-5-6-10-23(22)29-24(31)18-34-26-27-15-16-30(26)17-19-7-3-2-4-8-19/h2-16H,17-18H2,1H3,(H,28,32)(H,29,31). The quantitative estimate of drug-likeness (QED) is 0.338. The van der Waals surface area contributed by atoms with E-state index in [2.05, 4.69) is 27.8 Å². The minimum Gasteiger partial charge on any atom is -0.497 e. The first kappa shape index (κ1) is 23.1. The molecule has 0 aliphatic rings. The largest absolute Gasteiger partial charge is 0.497 e. The van der Waals surface area contributed by atoms with E-state index < -0.39 is 0 Å². The number of benzene rings is 3. The Hall–Kier alpha value is -4.04. The van der Waals surface area contributed by atoms with Crippen molar-refractivity contribution in [1.82, 2.24) is 9.55 Å². The first-order valence-corrected chi connectivity index (χ1v) is 11.6. The molecule has 0 fully saturated rings. The Kier molecular flexibility index (Phi) is 7.62. The van der Waals surface area contributed by atoms with Crippen LogP contribution in [0.25, 0.3) is 0 Å². The lowest BCUT2D eigenvalue weighted by atomic mass is 10.1. The van der Waals surface area contributed by atoms with Crippen molar-refractivity contribution in [3.8, 4) is 5.75 Å². The van der Waals surface area contributed by atoms with Gasteiger partial charge in [-0.3, -0.25) is 9.59 Å². The third-order valence-corrected chi connectivity index (χ3v) is 6.00. The van der Waals surface area contributed by atoms with Crippen molar-refractivity contribution in [2.24, 2.45) is 0 Å². The molecule has 8 heteroatoms. The number of carbonyl (C=O) groups excluding carboxylic acids is 2. The van der Waals surface area contributed by atoms with Crippen molar-refractivity contribution in [2.75, 3.05) is 23.5 Å². The van der Waals surface area contributed by atoms with Crippen LogP contribution in [0.15, 0.2) is 96.4 Å². The van der Waals surface area contributed by atoms with Crippen LogP contribution in [-0.4, -0.2) is 34.2 Å². The summed E-state index contributed by atoms with van der Waals surface area (Å²) in [7, 11) is 1.58. The van der Waals surface area contributed by atoms with Crippen LogP contribution < -0.4 is 15.4 Å². The summed E-state index contributed by atoms with van der Waals surface area (Å²) in [4.78, 5) is 29.9. The summed E-state index contributed by atoms with van der Waals surface area (Å²) in [6.07, 6.45) is 3.62. The molecule has 0 unspecified atom stereocenters. The van der Waals surface area contributed by atoms with Crippen LogP contribution in [0.3, 0.4) is 0 Å². The molecule has 0 aliphatic carbocycles. The van der Waals surface area contributed by atoms with E-state index in [1.165, 1.54) is 11.8 Å². The molecule has 0 aliphatic heterocycles. The molecule has 4 aromatic rings. The van der Waals surface area contributed by atoms with E-state index >= 15 is 0 Å². The van der Waals surface area contributed by atoms with E-state index in [4.69, 9.17) is 4.74 Å². The summed E-state index contributed by atoms with van der Waals surface area (Å²) in [5, 5.41) is 6.45. The van der Waals surface area contributed by atoms with Crippen LogP contribution in [0.4, 0.5) is 11.4 Å². The summed E-state index contributed by atoms with van der Waals surface area (Å²) in [6, 6.07) is 24.0. The number of hydrogen-bond donors (Lipinski definition) is 2. The molecule has 0 saturated carbocycles. The molecule has 2 N–H and O–H groups in total. The average Bonchev–Trinajstić information content (AvgIpc) is 3.31. The summed E-state index contributed by atoms with van der Waals surface area (Å²) in [5.41, 5.74) is 2.62. The maximum Gasteiger partial charge on any atom is 0.257 e. The molecule has 0 bridgehead atoms. The fraction of sp³-hybridized carbons (Fsp3) is 0.115. The molecular weight excluding hydrogens is 448 g/mol. The van der Waals surface area contributed by atoms with Crippen molar-refractivity contribution in [3.63, 3.8) is 0 Å². The average molecular weight is 473 g/mol. The number of para-hydroxylation sites is 1. The molecule has 0 spiro atoms. The second kappa shape index (κ2) is 11.2. The van der Waals surface area contributed by atoms with E-state index in [1.807, 2.05) is 29.0 Å². The number of carbonyl (C=O) groups is 2. The molecule has 0 radical (unpaired) electrons. The van der Waals surface area contributed by atoms with Gasteiger partial charge in [-0.25, -0.2) is 4.98 Å². The van der Waals surface area contributed by atoms with Crippen LogP contribution in [0.2, 0.25) is 0 Å². The number of imidazole rings is 1. The summed E-state index contributed by atoms with van der Waals surface area (Å²) in [5.74, 6) is 0.337. The summed E-state index contributed by atoms with van der Waals surface area (Å²) < 4.78 is 7.14. The van der Waals surface area contributed by atoms with Gasteiger partial charge in [-0.1, -0.05) is 54.2 Å². The van der Waals surface area contributed by atoms with E-state index in [1.54, 1.807) is 61.8 Å². The highest BCUT2D eigenvalue weighted by molar-refractivity contribution is 7.99. The lowest BCUT2D eigenvalue weighted by Gasteiger charge is -2.12. The van der Waals surface area contributed by atoms with Gasteiger partial charge in [0, 0.05) is 24.6 Å². The predicted octanol–water partition coefficient (Wildman–Crippen LogP) is 4.92. The summed E-state index contributed by atoms with van der Waals surface area (Å²) >= 11 is 1.35. The van der Waals surface area contributed by atoms with Crippen molar-refractivity contribution in [3.05, 3.63) is 102 Å². The van der Waals surface area contributed by atoms with Gasteiger partial charge in [0.25, 0.3) is 5.91 Å². The number of nitrogens with zero attached hydrogens (tertiary/aromatic N) is 2. The third-order valence-electron chi connectivity index (χ3n) is 5.00. The molecule has 0 saturated heterocycles. The van der Waals surface area contributed by atoms with Gasteiger partial charge in [-0.05, 0) is 42.0 Å². The van der Waals surface area contributed by atoms with Gasteiger partial charge < -0.3 is 19.9 Å². The third kappa shape index (κ3) is 6.05. The number of aromatic nitrogens is 2. The van der Waals surface area contributed by atoms with Crippen LogP contribution in [0, 0.1) is 0 Å². The topological polar surface area (TPSA) is 85.2 Å². The lowest BCUT2D eigenvalue weighted by molar-refractivity contribution is -0.113. The highest BCUT2D eigenvalue weighted by atomic mass is 32.2. The zero-order valence-electron chi connectivity index (χ0n) is 18.6. The number of hydrogen-bond acceptors (Lipinski definition) is 5. The molecule has 34 heavy (non-hydrogen) atoms. The van der Waals surface area contributed by atoms with Crippen molar-refractivity contribution in [2.45, 2.75) is 11.7 Å². The molecular formula is C26H24N4O3S. The van der Waals surface area contributed by atoms with Gasteiger partial charge in [0.1, 0.15) is 5.75 Å². The number of ether oxygens (including phenoxy) is 1. The smallest absolute Gasteiger partial charge is 0.257 e. The molecule has 2 amide bonds. The minimum absolute atomic E-state index is 0.167. The number of amides is 2. The SMILES string of the molecule is COc1ccc(NC(=O)c2ccccc2NC(=O)CSc2nccn2Cc2ccccc2)cc1. The Morgan fingerprint density at radius 1 is 0.941 bits per heavy atom. The maximum atomic E-state index is 12.8. The highest BCUT2D eigenvalue weighted by Gasteiger charge is 2.15. The first-order chi connectivity index (χ1) is 16.6. The normalized spacial score (nSPS) is 10.5. The first-order valence-electron chi connectivity index (χ1n) is 10.6. The Morgan fingerprint density at radius 3 is 2.44 bits per heavy atom.